The summed E-state index contributed by atoms with van der Waals surface area (Å²) in [5, 5.41) is 14.4. The summed E-state index contributed by atoms with van der Waals surface area (Å²) in [6.07, 6.45) is 6.75. The Morgan fingerprint density at radius 2 is 2.05 bits per heavy atom. The normalized spacial score (nSPS) is 20.8. The van der Waals surface area contributed by atoms with E-state index in [1.807, 2.05) is 0 Å². The number of halogens is 3. The second kappa shape index (κ2) is 13.1. The topological polar surface area (TPSA) is 103 Å². The van der Waals surface area contributed by atoms with Gasteiger partial charge in [0.05, 0.1) is 6.10 Å². The molecule has 13 heteroatoms. The molecular formula is C30H35F3N6O3Se. The average molecular weight is 664 g/mol. The van der Waals surface area contributed by atoms with Gasteiger partial charge in [-0.2, -0.15) is 0 Å². The van der Waals surface area contributed by atoms with E-state index in [1.54, 1.807) is 41.8 Å². The van der Waals surface area contributed by atoms with Gasteiger partial charge in [-0.15, -0.1) is 0 Å². The molecule has 43 heavy (non-hydrogen) atoms. The molecular weight excluding hydrogens is 628 g/mol. The number of alkyl halides is 3. The Kier molecular flexibility index (Phi) is 9.42. The number of aliphatic hydroxyl groups excluding tert-OH is 1. The van der Waals surface area contributed by atoms with Gasteiger partial charge in [0.1, 0.15) is 0 Å². The van der Waals surface area contributed by atoms with E-state index in [9.17, 15) is 23.1 Å². The second-order valence-corrected chi connectivity index (χ2v) is 13.1. The number of nitrogens with one attached hydrogen (secondary N) is 3. The average Bonchev–Trinajstić information content (AvgIpc) is 3.42. The minimum absolute atomic E-state index is 0.0976. The molecule has 2 aromatic heterocycles. The number of carbonyl (C=O) groups excluding carboxylic acids is 1. The summed E-state index contributed by atoms with van der Waals surface area (Å²) in [5.74, 6) is 6.56. The molecule has 2 fully saturated rings. The first-order valence-corrected chi connectivity index (χ1v) is 15.9. The van der Waals surface area contributed by atoms with E-state index in [-0.39, 0.29) is 29.6 Å². The SMILES string of the molecule is COc1ccc(C(=O)NC[C@@H](C)O)cc1NCC#Cc1cc2c(N[C@@H]3CC[C@@H]4CC[C@H]3N4C)nccn2c1[Se]C(F)(F)F. The molecule has 230 valence electrons. The number of hydrogen-bond donors (Lipinski definition) is 4. The van der Waals surface area contributed by atoms with E-state index in [0.29, 0.717) is 46.0 Å². The molecule has 0 unspecified atom stereocenters. The van der Waals surface area contributed by atoms with Crippen molar-refractivity contribution in [2.75, 3.05) is 37.9 Å². The Hall–Kier alpha value is -3.43. The van der Waals surface area contributed by atoms with Crippen LogP contribution in [0.5, 0.6) is 5.75 Å². The summed E-state index contributed by atoms with van der Waals surface area (Å²) in [4.78, 5) is 19.4. The van der Waals surface area contributed by atoms with Gasteiger partial charge in [0.25, 0.3) is 0 Å². The van der Waals surface area contributed by atoms with E-state index in [2.05, 4.69) is 44.7 Å². The van der Waals surface area contributed by atoms with E-state index in [0.717, 1.165) is 19.3 Å². The molecule has 5 rings (SSSR count). The van der Waals surface area contributed by atoms with Gasteiger partial charge < -0.3 is 5.11 Å². The number of carbonyl (C=O) groups is 1. The predicted molar refractivity (Wildman–Crippen MR) is 160 cm³/mol. The molecule has 9 nitrogen and oxygen atoms in total. The summed E-state index contributed by atoms with van der Waals surface area (Å²) >= 11 is -1.82. The molecule has 4 atom stereocenters. The Labute approximate surface area is 254 Å². The van der Waals surface area contributed by atoms with Crippen molar-refractivity contribution in [3.8, 4) is 17.6 Å². The Balaban J connectivity index is 1.38. The van der Waals surface area contributed by atoms with Crippen LogP contribution in [0.4, 0.5) is 24.7 Å². The van der Waals surface area contributed by atoms with E-state index in [4.69, 9.17) is 4.74 Å². The maximum absolute atomic E-state index is 13.7. The van der Waals surface area contributed by atoms with Crippen LogP contribution in [0.25, 0.3) is 5.52 Å². The third-order valence-corrected chi connectivity index (χ3v) is 9.73. The van der Waals surface area contributed by atoms with Gasteiger partial charge in [-0.3, -0.25) is 0 Å². The number of fused-ring (bicyclic) bond motifs is 3. The minimum atomic E-state index is -4.36. The van der Waals surface area contributed by atoms with Gasteiger partial charge in [0, 0.05) is 0 Å². The van der Waals surface area contributed by atoms with Crippen LogP contribution in [0.2, 0.25) is 0 Å². The van der Waals surface area contributed by atoms with Crippen LogP contribution in [-0.2, 0) is 0 Å². The van der Waals surface area contributed by atoms with E-state index < -0.39 is 26.1 Å². The first kappa shape index (κ1) is 31.0. The van der Waals surface area contributed by atoms with Crippen LogP contribution < -0.4 is 25.3 Å². The number of aromatic nitrogens is 2. The zero-order valence-corrected chi connectivity index (χ0v) is 25.9. The molecule has 1 amide bonds. The zero-order chi connectivity index (χ0) is 30.7. The third kappa shape index (κ3) is 7.21. The van der Waals surface area contributed by atoms with Gasteiger partial charge in [-0.25, -0.2) is 0 Å². The van der Waals surface area contributed by atoms with Crippen molar-refractivity contribution in [2.24, 2.45) is 0 Å². The van der Waals surface area contributed by atoms with Gasteiger partial charge in [0.2, 0.25) is 0 Å². The van der Waals surface area contributed by atoms with Crippen LogP contribution in [0.15, 0.2) is 36.7 Å². The second-order valence-electron chi connectivity index (χ2n) is 10.9. The van der Waals surface area contributed by atoms with Crippen molar-refractivity contribution in [1.82, 2.24) is 19.6 Å². The molecule has 4 heterocycles. The number of aliphatic hydroxyl groups is 1. The van der Waals surface area contributed by atoms with Crippen LogP contribution in [-0.4, -0.2) is 96.8 Å². The van der Waals surface area contributed by atoms with E-state index >= 15 is 0 Å². The predicted octanol–water partition coefficient (Wildman–Crippen LogP) is 2.80. The van der Waals surface area contributed by atoms with Gasteiger partial charge in [-0.1, -0.05) is 0 Å². The van der Waals surface area contributed by atoms with Crippen molar-refractivity contribution in [2.45, 2.75) is 61.9 Å². The number of piperidine rings is 1. The van der Waals surface area contributed by atoms with Crippen molar-refractivity contribution in [3.05, 3.63) is 47.8 Å². The van der Waals surface area contributed by atoms with Crippen molar-refractivity contribution in [3.63, 3.8) is 0 Å². The molecule has 4 N–H and O–H groups in total. The van der Waals surface area contributed by atoms with Crippen molar-refractivity contribution in [1.29, 1.82) is 0 Å². The molecule has 0 aliphatic carbocycles. The number of rotatable bonds is 9. The fourth-order valence-electron chi connectivity index (χ4n) is 5.88. The van der Waals surface area contributed by atoms with Gasteiger partial charge in [0.15, 0.2) is 0 Å². The molecule has 2 aliphatic heterocycles. The molecule has 2 aliphatic rings. The summed E-state index contributed by atoms with van der Waals surface area (Å²) < 4.78 is 48.1. The summed E-state index contributed by atoms with van der Waals surface area (Å²) in [6.45, 7) is 1.78. The van der Waals surface area contributed by atoms with Gasteiger partial charge in [-0.05, 0) is 6.92 Å². The summed E-state index contributed by atoms with van der Waals surface area (Å²) in [5.41, 5.74) is 1.73. The number of methoxy groups -OCH3 is 1. The van der Waals surface area contributed by atoms with Crippen LogP contribution in [0, 0.1) is 11.8 Å². The first-order valence-electron chi connectivity index (χ1n) is 14.2. The molecule has 2 bridgehead atoms. The van der Waals surface area contributed by atoms with Crippen molar-refractivity contribution >= 4 is 42.5 Å². The molecule has 0 spiro atoms. The third-order valence-electron chi connectivity index (χ3n) is 7.97. The fourth-order valence-corrected chi connectivity index (χ4v) is 7.35. The fraction of sp³-hybridized carbons (Fsp3) is 0.467. The first-order chi connectivity index (χ1) is 20.5. The number of hydrogen-bond acceptors (Lipinski definition) is 7. The van der Waals surface area contributed by atoms with Crippen LogP contribution in [0.1, 0.15) is 48.5 Å². The van der Waals surface area contributed by atoms with Gasteiger partial charge >= 0.3 is 237 Å². The Morgan fingerprint density at radius 3 is 2.79 bits per heavy atom. The van der Waals surface area contributed by atoms with Crippen LogP contribution in [0.3, 0.4) is 0 Å². The number of anilines is 2. The number of likely N-dealkylation sites (N-methyl/N-ethyl adjacent to an activating group) is 1. The van der Waals surface area contributed by atoms with E-state index in [1.165, 1.54) is 19.7 Å². The number of amides is 1. The Morgan fingerprint density at radius 1 is 1.26 bits per heavy atom. The molecule has 3 aromatic rings. The number of ether oxygens (including phenoxy) is 1. The van der Waals surface area contributed by atoms with Crippen molar-refractivity contribution < 1.29 is 27.8 Å². The summed E-state index contributed by atoms with van der Waals surface area (Å²) in [6, 6.07) is 7.67. The Bertz CT molecular complexity index is 1530. The molecule has 0 radical (unpaired) electrons. The number of benzene rings is 1. The quantitative estimate of drug-likeness (QED) is 0.207. The molecule has 1 aromatic carbocycles. The summed E-state index contributed by atoms with van der Waals surface area (Å²) in [7, 11) is 3.64. The zero-order valence-electron chi connectivity index (χ0n) is 24.2. The molecule has 2 saturated heterocycles. The maximum atomic E-state index is 13.7. The standard InChI is InChI=1S/C30H35F3N6O3Se/c1-18(40)17-36-28(41)19-6-11-26(42-3)23(15-19)34-12-4-5-20-16-25-27(35-13-14-39(25)29(20)43-30(31,32)33)37-22-9-7-21-8-10-24(22)38(21)2/h6,11,13-16,18,21-22,24,34,40H,7-10,12,17H2,1-3H3,(H,35,37)(H,36,41)/t18-,21-,22-,24-/m1/s1. The monoisotopic (exact) mass is 664 g/mol. The number of nitrogens with zero attached hydrogens (tertiary/aromatic N) is 3. The van der Waals surface area contributed by atoms with Crippen LogP contribution >= 0.6 is 0 Å². The molecule has 0 saturated carbocycles.